The molecule has 4 rings (SSSR count). The Kier molecular flexibility index (Phi) is 7.74. The molecule has 8 nitrogen and oxygen atoms in total. The Morgan fingerprint density at radius 2 is 1.80 bits per heavy atom. The molecule has 0 radical (unpaired) electrons. The van der Waals surface area contributed by atoms with E-state index >= 15 is 0 Å². The molecule has 3 amide bonds. The molecule has 1 atom stereocenters. The summed E-state index contributed by atoms with van der Waals surface area (Å²) in [5, 5.41) is 6.04. The molecular formula is C25H24N4O4S2. The first kappa shape index (κ1) is 24.4. The van der Waals surface area contributed by atoms with Crippen molar-refractivity contribution in [3.05, 3.63) is 82.6 Å². The van der Waals surface area contributed by atoms with Crippen LogP contribution in [0.25, 0.3) is 0 Å². The molecule has 1 fully saturated rings. The number of anilines is 1. The Labute approximate surface area is 212 Å². The van der Waals surface area contributed by atoms with Crippen LogP contribution < -0.4 is 20.4 Å². The number of thiocarbonyl (C=S) groups is 1. The van der Waals surface area contributed by atoms with Crippen LogP contribution in [-0.4, -0.2) is 47.5 Å². The second kappa shape index (κ2) is 11.1. The van der Waals surface area contributed by atoms with Gasteiger partial charge in [-0.2, -0.15) is 0 Å². The molecule has 0 saturated carbocycles. The van der Waals surface area contributed by atoms with E-state index in [-0.39, 0.29) is 17.4 Å². The molecule has 2 N–H and O–H groups in total. The first-order chi connectivity index (χ1) is 17.0. The number of hydrogen-bond donors (Lipinski definition) is 2. The van der Waals surface area contributed by atoms with E-state index in [0.29, 0.717) is 29.3 Å². The van der Waals surface area contributed by atoms with Crippen LogP contribution >= 0.6 is 23.6 Å². The van der Waals surface area contributed by atoms with E-state index in [9.17, 15) is 14.4 Å². The van der Waals surface area contributed by atoms with Crippen LogP contribution in [0.1, 0.15) is 21.7 Å². The number of carbonyl (C=O) groups excluding carboxylic acids is 3. The van der Waals surface area contributed by atoms with E-state index < -0.39 is 17.9 Å². The highest BCUT2D eigenvalue weighted by atomic mass is 32.1. The Morgan fingerprint density at radius 3 is 2.46 bits per heavy atom. The molecule has 1 aromatic heterocycles. The van der Waals surface area contributed by atoms with Crippen LogP contribution in [0.3, 0.4) is 0 Å². The van der Waals surface area contributed by atoms with Gasteiger partial charge >= 0.3 is 0 Å². The molecule has 1 aliphatic heterocycles. The normalized spacial score (nSPS) is 15.3. The molecule has 35 heavy (non-hydrogen) atoms. The number of nitrogens with zero attached hydrogens (tertiary/aromatic N) is 2. The van der Waals surface area contributed by atoms with Gasteiger partial charge in [0.05, 0.1) is 24.1 Å². The Bertz CT molecular complexity index is 1200. The first-order valence-electron chi connectivity index (χ1n) is 10.9. The molecule has 10 heteroatoms. The largest absolute Gasteiger partial charge is 0.497 e. The minimum absolute atomic E-state index is 0.0900. The quantitative estimate of drug-likeness (QED) is 0.432. The van der Waals surface area contributed by atoms with E-state index in [2.05, 4.69) is 10.7 Å². The predicted octanol–water partition coefficient (Wildman–Crippen LogP) is 3.15. The van der Waals surface area contributed by atoms with Crippen molar-refractivity contribution in [2.45, 2.75) is 18.9 Å². The highest BCUT2D eigenvalue weighted by molar-refractivity contribution is 7.80. The maximum absolute atomic E-state index is 13.4. The predicted molar refractivity (Wildman–Crippen MR) is 138 cm³/mol. The third kappa shape index (κ3) is 5.67. The second-order valence-electron chi connectivity index (χ2n) is 7.75. The molecule has 0 aliphatic carbocycles. The summed E-state index contributed by atoms with van der Waals surface area (Å²) < 4.78 is 5.19. The summed E-state index contributed by atoms with van der Waals surface area (Å²) >= 11 is 6.84. The van der Waals surface area contributed by atoms with Crippen molar-refractivity contribution in [3.63, 3.8) is 0 Å². The molecular weight excluding hydrogens is 484 g/mol. The van der Waals surface area contributed by atoms with Crippen LogP contribution in [0.4, 0.5) is 5.69 Å². The van der Waals surface area contributed by atoms with Crippen molar-refractivity contribution in [1.29, 1.82) is 0 Å². The fraction of sp³-hybridized carbons (Fsp3) is 0.200. The van der Waals surface area contributed by atoms with Crippen molar-refractivity contribution in [2.75, 3.05) is 18.6 Å². The van der Waals surface area contributed by atoms with E-state index in [0.717, 1.165) is 5.56 Å². The summed E-state index contributed by atoms with van der Waals surface area (Å²) in [5.74, 6) is -0.483. The van der Waals surface area contributed by atoms with Gasteiger partial charge in [-0.3, -0.25) is 24.7 Å². The van der Waals surface area contributed by atoms with Gasteiger partial charge in [-0.15, -0.1) is 11.3 Å². The van der Waals surface area contributed by atoms with E-state index in [1.165, 1.54) is 21.2 Å². The van der Waals surface area contributed by atoms with Crippen molar-refractivity contribution >= 4 is 52.1 Å². The number of thiophene rings is 1. The smallest absolute Gasteiger partial charge is 0.279 e. The number of rotatable bonds is 9. The molecule has 2 aromatic carbocycles. The van der Waals surface area contributed by atoms with Crippen molar-refractivity contribution < 1.29 is 19.1 Å². The van der Waals surface area contributed by atoms with Gasteiger partial charge in [0.15, 0.2) is 0 Å². The lowest BCUT2D eigenvalue weighted by Gasteiger charge is -2.24. The number of carbonyl (C=O) groups is 3. The highest BCUT2D eigenvalue weighted by Crippen LogP contribution is 2.28. The molecule has 0 bridgehead atoms. The lowest BCUT2D eigenvalue weighted by molar-refractivity contribution is -0.127. The average Bonchev–Trinajstić information content (AvgIpc) is 3.49. The third-order valence-electron chi connectivity index (χ3n) is 5.47. The summed E-state index contributed by atoms with van der Waals surface area (Å²) in [4.78, 5) is 40.7. The summed E-state index contributed by atoms with van der Waals surface area (Å²) in [5.41, 5.74) is 4.33. The Morgan fingerprint density at radius 1 is 1.06 bits per heavy atom. The topological polar surface area (TPSA) is 91.0 Å². The first-order valence-corrected chi connectivity index (χ1v) is 12.2. The van der Waals surface area contributed by atoms with E-state index in [1.54, 1.807) is 48.9 Å². The Balaban J connectivity index is 1.50. The molecule has 180 valence electrons. The summed E-state index contributed by atoms with van der Waals surface area (Å²) in [6.07, 6.45) is 0.506. The van der Waals surface area contributed by atoms with Crippen LogP contribution in [0.5, 0.6) is 5.75 Å². The van der Waals surface area contributed by atoms with Gasteiger partial charge in [0, 0.05) is 6.54 Å². The fourth-order valence-corrected chi connectivity index (χ4v) is 4.66. The standard InChI is InChI=1S/C25H24N4O4S2/c1-33-19-11-9-18(10-12-19)28-24(32)20(16-22(30)26-14-13-17-6-3-2-4-7-17)29(25(28)34)27-23(31)21-8-5-15-35-21/h2-12,15,20H,13-14,16H2,1H3,(H,26,30)(H,27,31). The van der Waals surface area contributed by atoms with Crippen molar-refractivity contribution in [2.24, 2.45) is 0 Å². The second-order valence-corrected chi connectivity index (χ2v) is 9.06. The fourth-order valence-electron chi connectivity index (χ4n) is 3.68. The minimum atomic E-state index is -0.981. The van der Waals surface area contributed by atoms with Gasteiger partial charge in [-0.05, 0) is 59.9 Å². The van der Waals surface area contributed by atoms with Crippen LogP contribution in [0, 0.1) is 0 Å². The minimum Gasteiger partial charge on any atom is -0.497 e. The Hall–Kier alpha value is -3.76. The van der Waals surface area contributed by atoms with E-state index in [4.69, 9.17) is 17.0 Å². The monoisotopic (exact) mass is 508 g/mol. The SMILES string of the molecule is COc1ccc(N2C(=O)C(CC(=O)NCCc3ccccc3)N(NC(=O)c3cccs3)C2=S)cc1. The number of ether oxygens (including phenoxy) is 1. The molecule has 2 heterocycles. The zero-order valence-electron chi connectivity index (χ0n) is 19.0. The van der Waals surface area contributed by atoms with Gasteiger partial charge in [0.1, 0.15) is 11.8 Å². The zero-order valence-corrected chi connectivity index (χ0v) is 20.6. The van der Waals surface area contributed by atoms with Gasteiger partial charge in [0.2, 0.25) is 11.0 Å². The van der Waals surface area contributed by atoms with Gasteiger partial charge in [-0.1, -0.05) is 36.4 Å². The molecule has 1 unspecified atom stereocenters. The highest BCUT2D eigenvalue weighted by Gasteiger charge is 2.45. The molecule has 3 aromatic rings. The maximum atomic E-state index is 13.4. The summed E-state index contributed by atoms with van der Waals surface area (Å²) in [6, 6.07) is 19.1. The molecule has 1 aliphatic rings. The molecule has 1 saturated heterocycles. The van der Waals surface area contributed by atoms with Crippen LogP contribution in [-0.2, 0) is 16.0 Å². The van der Waals surface area contributed by atoms with Gasteiger partial charge < -0.3 is 10.1 Å². The number of benzene rings is 2. The zero-order chi connectivity index (χ0) is 24.8. The maximum Gasteiger partial charge on any atom is 0.279 e. The number of hydrazine groups is 1. The molecule has 0 spiro atoms. The third-order valence-corrected chi connectivity index (χ3v) is 6.72. The number of hydrogen-bond acceptors (Lipinski definition) is 6. The number of nitrogens with one attached hydrogen (secondary N) is 2. The van der Waals surface area contributed by atoms with Crippen LogP contribution in [0.2, 0.25) is 0 Å². The van der Waals surface area contributed by atoms with E-state index in [1.807, 2.05) is 30.3 Å². The number of methoxy groups -OCH3 is 1. The van der Waals surface area contributed by atoms with Gasteiger partial charge in [0.25, 0.3) is 11.8 Å². The van der Waals surface area contributed by atoms with Crippen molar-refractivity contribution in [3.8, 4) is 5.75 Å². The van der Waals surface area contributed by atoms with Crippen LogP contribution in [0.15, 0.2) is 72.1 Å². The lowest BCUT2D eigenvalue weighted by Crippen LogP contribution is -2.50. The number of amides is 3. The summed E-state index contributed by atoms with van der Waals surface area (Å²) in [6.45, 7) is 0.429. The summed E-state index contributed by atoms with van der Waals surface area (Å²) in [7, 11) is 1.55. The lowest BCUT2D eigenvalue weighted by atomic mass is 10.1. The average molecular weight is 509 g/mol. The van der Waals surface area contributed by atoms with Crippen molar-refractivity contribution in [1.82, 2.24) is 15.8 Å². The van der Waals surface area contributed by atoms with Gasteiger partial charge in [-0.25, -0.2) is 5.01 Å².